The van der Waals surface area contributed by atoms with E-state index in [1.54, 1.807) is 42.7 Å². The summed E-state index contributed by atoms with van der Waals surface area (Å²) in [5.74, 6) is 11.5. The molecule has 0 unspecified atom stereocenters. The van der Waals surface area contributed by atoms with Gasteiger partial charge in [-0.2, -0.15) is 26.3 Å². The molecule has 0 spiro atoms. The number of nitrogen functional groups attached to an aromatic ring is 1. The number of amides is 1. The molecule has 12 nitrogen and oxygen atoms in total. The molecular weight excluding hydrogens is 1030 g/mol. The van der Waals surface area contributed by atoms with Crippen LogP contribution < -0.4 is 11.1 Å². The number of aromatic nitrogens is 2. The van der Waals surface area contributed by atoms with Gasteiger partial charge in [0.15, 0.2) is 0 Å². The first kappa shape index (κ1) is 58.0. The molecule has 0 saturated carbocycles. The minimum atomic E-state index is -4.53. The Bertz CT molecular complexity index is 3440. The highest BCUT2D eigenvalue weighted by atomic mass is 19.4. The van der Waals surface area contributed by atoms with Crippen molar-refractivity contribution in [3.8, 4) is 23.7 Å². The Hall–Kier alpha value is -8.13. The zero-order valence-corrected chi connectivity index (χ0v) is 45.2. The highest BCUT2D eigenvalue weighted by molar-refractivity contribution is 6.04. The van der Waals surface area contributed by atoms with Crippen LogP contribution in [0, 0.1) is 37.5 Å². The molecule has 3 aliphatic heterocycles. The Morgan fingerprint density at radius 3 is 1.74 bits per heavy atom. The SMILES string of the molecule is CN1CCN(Cc2ccc(N)cc2C(F)(F)F)CC1.COC(=O)c1ccc(C)c(C#Cc2cnc3c(c2)C=NC3)c1.Cc1ccc(C(=O)Nc2ccc(CN3CCN(C)CC3)c(C(F)(F)F)c2)cc1C#Cc1cnc2c(c1)C=CC2. The Morgan fingerprint density at radius 2 is 1.16 bits per heavy atom. The summed E-state index contributed by atoms with van der Waals surface area (Å²) in [6.07, 6.45) is 1.32. The molecule has 6 aromatic rings. The number of carbonyl (C=O) groups excluding carboxylic acids is 2. The summed E-state index contributed by atoms with van der Waals surface area (Å²) in [6.45, 7) is 11.4. The number of methoxy groups -OCH3 is 1. The van der Waals surface area contributed by atoms with Gasteiger partial charge in [-0.15, -0.1) is 0 Å². The van der Waals surface area contributed by atoms with E-state index < -0.39 is 29.4 Å². The highest BCUT2D eigenvalue weighted by Gasteiger charge is 2.35. The van der Waals surface area contributed by atoms with Gasteiger partial charge in [0.2, 0.25) is 0 Å². The number of hydrogen-bond acceptors (Lipinski definition) is 11. The summed E-state index contributed by atoms with van der Waals surface area (Å²) >= 11 is 0. The van der Waals surface area contributed by atoms with Crippen molar-refractivity contribution in [1.82, 2.24) is 29.6 Å². The quantitative estimate of drug-likeness (QED) is 0.0690. The van der Waals surface area contributed by atoms with Crippen molar-refractivity contribution in [2.45, 2.75) is 52.3 Å². The first-order valence-corrected chi connectivity index (χ1v) is 26.0. The van der Waals surface area contributed by atoms with Crippen LogP contribution >= 0.6 is 0 Å². The molecule has 3 N–H and O–H groups in total. The molecule has 2 aromatic heterocycles. The molecule has 2 saturated heterocycles. The predicted octanol–water partition coefficient (Wildman–Crippen LogP) is 9.92. The number of carbonyl (C=O) groups is 2. The van der Waals surface area contributed by atoms with E-state index >= 15 is 0 Å². The molecule has 0 bridgehead atoms. The lowest BCUT2D eigenvalue weighted by Gasteiger charge is -2.33. The average Bonchev–Trinajstić information content (AvgIpc) is 4.15. The smallest absolute Gasteiger partial charge is 0.416 e. The van der Waals surface area contributed by atoms with Gasteiger partial charge >= 0.3 is 18.3 Å². The van der Waals surface area contributed by atoms with Gasteiger partial charge in [-0.25, -0.2) is 4.79 Å². The van der Waals surface area contributed by atoms with E-state index in [1.165, 1.54) is 31.4 Å². The van der Waals surface area contributed by atoms with Gasteiger partial charge < -0.3 is 25.6 Å². The summed E-state index contributed by atoms with van der Waals surface area (Å²) in [5, 5.41) is 2.63. The van der Waals surface area contributed by atoms with Crippen LogP contribution in [-0.2, 0) is 43.1 Å². The zero-order valence-electron chi connectivity index (χ0n) is 45.2. The van der Waals surface area contributed by atoms with Crippen molar-refractivity contribution in [1.29, 1.82) is 0 Å². The summed E-state index contributed by atoms with van der Waals surface area (Å²) in [5.41, 5.74) is 14.7. The number of anilines is 2. The van der Waals surface area contributed by atoms with Gasteiger partial charge in [-0.05, 0) is 116 Å². The molecule has 2 fully saturated rings. The van der Waals surface area contributed by atoms with Crippen LogP contribution in [0.3, 0.4) is 0 Å². The fourth-order valence-electron chi connectivity index (χ4n) is 9.17. The van der Waals surface area contributed by atoms with Crippen LogP contribution in [0.5, 0.6) is 0 Å². The fourth-order valence-corrected chi connectivity index (χ4v) is 9.17. The molecule has 4 aliphatic rings. The van der Waals surface area contributed by atoms with Crippen LogP contribution in [0.4, 0.5) is 37.7 Å². The van der Waals surface area contributed by atoms with Crippen molar-refractivity contribution in [2.75, 3.05) is 84.6 Å². The van der Waals surface area contributed by atoms with Crippen molar-refractivity contribution >= 4 is 35.5 Å². The summed E-state index contributed by atoms with van der Waals surface area (Å²) < 4.78 is 85.4. The largest absolute Gasteiger partial charge is 0.465 e. The van der Waals surface area contributed by atoms with Crippen molar-refractivity contribution in [3.63, 3.8) is 0 Å². The molecule has 0 atom stereocenters. The second-order valence-corrected chi connectivity index (χ2v) is 20.0. The number of allylic oxidation sites excluding steroid dienone is 1. The van der Waals surface area contributed by atoms with Crippen LogP contribution in [0.25, 0.3) is 6.08 Å². The number of rotatable bonds is 7. The minimum absolute atomic E-state index is 0.0972. The number of benzene rings is 4. The van der Waals surface area contributed by atoms with Gasteiger partial charge in [-0.1, -0.05) is 60.1 Å². The number of alkyl halides is 6. The number of fused-ring (bicyclic) bond motifs is 2. The van der Waals surface area contributed by atoms with Crippen molar-refractivity contribution in [3.05, 3.63) is 193 Å². The first-order valence-electron chi connectivity index (χ1n) is 26.0. The second kappa shape index (κ2) is 25.8. The number of hydrogen-bond donors (Lipinski definition) is 2. The van der Waals surface area contributed by atoms with Gasteiger partial charge in [0.25, 0.3) is 5.91 Å². The van der Waals surface area contributed by atoms with Crippen molar-refractivity contribution in [2.24, 2.45) is 4.99 Å². The predicted molar refractivity (Wildman–Crippen MR) is 299 cm³/mol. The Balaban J connectivity index is 0.000000173. The third kappa shape index (κ3) is 15.6. The second-order valence-electron chi connectivity index (χ2n) is 20.0. The van der Waals surface area contributed by atoms with E-state index in [-0.39, 0.29) is 29.5 Å². The monoisotopic (exact) mass is 1090 g/mol. The van der Waals surface area contributed by atoms with Crippen LogP contribution in [0.1, 0.15) is 98.9 Å². The Kier molecular flexibility index (Phi) is 18.7. The maximum atomic E-state index is 13.9. The summed E-state index contributed by atoms with van der Waals surface area (Å²) in [7, 11) is 5.38. The normalized spacial score (nSPS) is 15.2. The van der Waals surface area contributed by atoms with Gasteiger partial charge in [0.1, 0.15) is 0 Å². The van der Waals surface area contributed by atoms with Gasteiger partial charge in [0.05, 0.1) is 41.7 Å². The molecular formula is C62H61F6N9O3. The number of aryl methyl sites for hydroxylation is 2. The molecule has 18 heteroatoms. The summed E-state index contributed by atoms with van der Waals surface area (Å²) in [4.78, 5) is 45.9. The molecule has 10 rings (SSSR count). The number of halogens is 6. The number of nitrogens with one attached hydrogen (secondary N) is 1. The van der Waals surface area contributed by atoms with E-state index in [0.717, 1.165) is 108 Å². The molecule has 414 valence electrons. The average molecular weight is 1090 g/mol. The minimum Gasteiger partial charge on any atom is -0.465 e. The summed E-state index contributed by atoms with van der Waals surface area (Å²) in [6, 6.07) is 22.4. The molecule has 4 aromatic carbocycles. The zero-order chi connectivity index (χ0) is 57.1. The fraction of sp³-hybridized carbons (Fsp3) is 0.306. The highest BCUT2D eigenvalue weighted by Crippen LogP contribution is 2.36. The Labute approximate surface area is 462 Å². The topological polar surface area (TPSA) is 133 Å². The van der Waals surface area contributed by atoms with Gasteiger partial charge in [0, 0.05) is 135 Å². The van der Waals surface area contributed by atoms with Crippen molar-refractivity contribution < 1.29 is 40.7 Å². The number of nitrogens with two attached hydrogens (primary N) is 1. The van der Waals surface area contributed by atoms with Gasteiger partial charge in [-0.3, -0.25) is 29.6 Å². The van der Waals surface area contributed by atoms with E-state index in [0.29, 0.717) is 48.4 Å². The number of likely N-dealkylation sites (N-methyl/N-ethyl adjacent to an activating group) is 2. The number of ether oxygens (including phenoxy) is 1. The maximum absolute atomic E-state index is 13.9. The number of aliphatic imine (C=N–C) groups is 1. The van der Waals surface area contributed by atoms with Crippen LogP contribution in [0.2, 0.25) is 0 Å². The number of esters is 1. The standard InChI is InChI=1S/C31H29F3N4O.C18H14N2O2.C13H18F3N3/c1-21-6-8-25(17-23(21)9-7-22-16-24-4-3-5-29(24)35-19-22)30(39)36-27-11-10-26(28(18-27)31(32,33)34)20-38-14-12-37(2)13-15-38;1-12-3-5-15(18(21)22-2)8-14(12)6-4-13-7-16-10-19-11-17(16)20-9-13;1-18-4-6-19(7-5-18)9-10-2-3-11(17)8-12(10)13(14,15)16/h3-4,6,8,10-11,16-19H,5,12-15,20H2,1-2H3,(H,36,39);3,5,7-10H,11H2,1-2H3;2-3,8H,4-7,9,17H2,1H3. The third-order valence-electron chi connectivity index (χ3n) is 14.0. The van der Waals surface area contributed by atoms with Crippen LogP contribution in [-0.4, -0.2) is 121 Å². The Morgan fingerprint density at radius 1 is 0.637 bits per heavy atom. The molecule has 80 heavy (non-hydrogen) atoms. The van der Waals surface area contributed by atoms with E-state index in [9.17, 15) is 35.9 Å². The number of nitrogens with zero attached hydrogens (tertiary/aromatic N) is 7. The number of pyridine rings is 2. The number of piperazine rings is 2. The molecule has 0 radical (unpaired) electrons. The molecule has 5 heterocycles. The molecule has 1 aliphatic carbocycles. The van der Waals surface area contributed by atoms with E-state index in [4.69, 9.17) is 10.5 Å². The lowest BCUT2D eigenvalue weighted by atomic mass is 10.0. The van der Waals surface area contributed by atoms with E-state index in [2.05, 4.69) is 59.8 Å². The van der Waals surface area contributed by atoms with E-state index in [1.807, 2.05) is 68.2 Å². The third-order valence-corrected chi connectivity index (χ3v) is 14.0. The lowest BCUT2D eigenvalue weighted by Crippen LogP contribution is -2.44. The first-order chi connectivity index (χ1) is 38.2. The molecule has 1 amide bonds. The maximum Gasteiger partial charge on any atom is 0.416 e. The lowest BCUT2D eigenvalue weighted by molar-refractivity contribution is -0.139. The van der Waals surface area contributed by atoms with Crippen LogP contribution in [0.15, 0.2) is 108 Å².